The highest BCUT2D eigenvalue weighted by Crippen LogP contribution is 2.43. The Bertz CT molecular complexity index is 824. The molecule has 0 saturated heterocycles. The summed E-state index contributed by atoms with van der Waals surface area (Å²) in [6.45, 7) is 3.88. The molecule has 0 unspecified atom stereocenters. The average Bonchev–Trinajstić information content (AvgIpc) is 2.37. The Hall–Kier alpha value is -1.10. The Labute approximate surface area is 131 Å². The number of halogens is 2. The van der Waals surface area contributed by atoms with Gasteiger partial charge in [-0.25, -0.2) is 8.42 Å². The van der Waals surface area contributed by atoms with Crippen molar-refractivity contribution in [1.29, 1.82) is 0 Å². The fourth-order valence-electron chi connectivity index (χ4n) is 2.35. The van der Waals surface area contributed by atoms with Crippen LogP contribution in [0, 0.1) is 0 Å². The molecule has 1 aliphatic carbocycles. The molecule has 2 aromatic rings. The minimum absolute atomic E-state index is 0.280. The monoisotopic (exact) mass is 368 g/mol. The van der Waals surface area contributed by atoms with Gasteiger partial charge in [-0.05, 0) is 54.0 Å². The van der Waals surface area contributed by atoms with E-state index in [4.69, 9.17) is 11.6 Å². The largest absolute Gasteiger partial charge is 0.219 e. The number of fused-ring (bicyclic) bond motifs is 1. The molecule has 20 heavy (non-hydrogen) atoms. The summed E-state index contributed by atoms with van der Waals surface area (Å²) in [5.74, 6) is 0. The third kappa shape index (κ3) is 2.03. The Morgan fingerprint density at radius 1 is 1.10 bits per heavy atom. The summed E-state index contributed by atoms with van der Waals surface area (Å²) in [5, 5.41) is 0.561. The molecule has 2 nitrogen and oxygen atoms in total. The first-order valence-corrected chi connectivity index (χ1v) is 8.57. The van der Waals surface area contributed by atoms with Gasteiger partial charge < -0.3 is 0 Å². The average molecular weight is 370 g/mol. The lowest BCUT2D eigenvalue weighted by Gasteiger charge is -2.26. The van der Waals surface area contributed by atoms with Gasteiger partial charge in [-0.15, -0.1) is 0 Å². The van der Waals surface area contributed by atoms with Crippen molar-refractivity contribution < 1.29 is 8.42 Å². The highest BCUT2D eigenvalue weighted by atomic mass is 79.9. The zero-order valence-corrected chi connectivity index (χ0v) is 13.5. The molecule has 0 heterocycles. The first kappa shape index (κ1) is 13.9. The van der Waals surface area contributed by atoms with Gasteiger partial charge in [0.25, 0.3) is 0 Å². The molecule has 0 N–H and O–H groups in total. The molecular formula is C15H10BrClO2S. The minimum atomic E-state index is -3.52. The maximum Gasteiger partial charge on any atom is 0.206 e. The van der Waals surface area contributed by atoms with Crippen molar-refractivity contribution >= 4 is 42.9 Å². The van der Waals surface area contributed by atoms with Gasteiger partial charge in [-0.2, -0.15) is 0 Å². The van der Waals surface area contributed by atoms with Gasteiger partial charge in [-0.3, -0.25) is 0 Å². The molecule has 0 aromatic heterocycles. The van der Waals surface area contributed by atoms with Crippen LogP contribution in [-0.4, -0.2) is 8.42 Å². The minimum Gasteiger partial charge on any atom is -0.219 e. The zero-order chi connectivity index (χ0) is 14.5. The van der Waals surface area contributed by atoms with E-state index in [-0.39, 0.29) is 4.90 Å². The maximum atomic E-state index is 12.7. The normalized spacial score (nSPS) is 13.8. The van der Waals surface area contributed by atoms with Crippen molar-refractivity contribution in [3.05, 3.63) is 63.6 Å². The summed E-state index contributed by atoms with van der Waals surface area (Å²) < 4.78 is 26.2. The number of rotatable bonds is 2. The Morgan fingerprint density at radius 2 is 1.75 bits per heavy atom. The van der Waals surface area contributed by atoms with Crippen LogP contribution >= 0.6 is 27.5 Å². The SMILES string of the molecule is C=C1Cc2c(S(=O)(=O)c3ccc(Br)cc3)ccc(Cl)c21. The molecule has 0 fully saturated rings. The van der Waals surface area contributed by atoms with Crippen molar-refractivity contribution in [3.63, 3.8) is 0 Å². The lowest BCUT2D eigenvalue weighted by atomic mass is 9.84. The molecule has 0 spiro atoms. The van der Waals surface area contributed by atoms with E-state index in [0.29, 0.717) is 16.3 Å². The standard InChI is InChI=1S/C15H10BrClO2S/c1-9-8-12-14(7-6-13(17)15(9)12)20(18,19)11-4-2-10(16)3-5-11/h2-7H,1,8H2. The van der Waals surface area contributed by atoms with Crippen molar-refractivity contribution in [2.24, 2.45) is 0 Å². The lowest BCUT2D eigenvalue weighted by molar-refractivity contribution is 0.595. The van der Waals surface area contributed by atoms with Crippen LogP contribution in [0.3, 0.4) is 0 Å². The summed E-state index contributed by atoms with van der Waals surface area (Å²) in [5.41, 5.74) is 2.44. The molecule has 1 aliphatic rings. The predicted molar refractivity (Wildman–Crippen MR) is 83.8 cm³/mol. The number of sulfone groups is 1. The van der Waals surface area contributed by atoms with Crippen LogP contribution in [0.15, 0.2) is 57.2 Å². The maximum absolute atomic E-state index is 12.7. The van der Waals surface area contributed by atoms with Crippen molar-refractivity contribution in [1.82, 2.24) is 0 Å². The summed E-state index contributed by atoms with van der Waals surface area (Å²) >= 11 is 9.39. The Morgan fingerprint density at radius 3 is 2.35 bits per heavy atom. The third-order valence-corrected chi connectivity index (χ3v) is 6.07. The Kier molecular flexibility index (Phi) is 3.27. The van der Waals surface area contributed by atoms with E-state index in [2.05, 4.69) is 22.5 Å². The summed E-state index contributed by atoms with van der Waals surface area (Å²) in [6, 6.07) is 9.81. The third-order valence-electron chi connectivity index (χ3n) is 3.38. The van der Waals surface area contributed by atoms with Crippen molar-refractivity contribution in [2.75, 3.05) is 0 Å². The van der Waals surface area contributed by atoms with Crippen LogP contribution in [0.25, 0.3) is 5.57 Å². The van der Waals surface area contributed by atoms with E-state index in [1.165, 1.54) is 0 Å². The van der Waals surface area contributed by atoms with Crippen LogP contribution in [0.2, 0.25) is 5.02 Å². The van der Waals surface area contributed by atoms with Crippen molar-refractivity contribution in [3.8, 4) is 0 Å². The first-order valence-electron chi connectivity index (χ1n) is 5.91. The molecule has 102 valence electrons. The van der Waals surface area contributed by atoms with E-state index in [0.717, 1.165) is 21.2 Å². The molecular weight excluding hydrogens is 360 g/mol. The van der Waals surface area contributed by atoms with E-state index in [9.17, 15) is 8.42 Å². The van der Waals surface area contributed by atoms with Crippen LogP contribution in [-0.2, 0) is 16.3 Å². The van der Waals surface area contributed by atoms with E-state index in [1.807, 2.05) is 0 Å². The van der Waals surface area contributed by atoms with Crippen LogP contribution < -0.4 is 0 Å². The number of hydrogen-bond acceptors (Lipinski definition) is 2. The molecule has 3 rings (SSSR count). The van der Waals surface area contributed by atoms with E-state index >= 15 is 0 Å². The second-order valence-corrected chi connectivity index (χ2v) is 7.88. The number of allylic oxidation sites excluding steroid dienone is 1. The predicted octanol–water partition coefficient (Wildman–Crippen LogP) is 4.50. The van der Waals surface area contributed by atoms with Crippen LogP contribution in [0.5, 0.6) is 0 Å². The van der Waals surface area contributed by atoms with Gasteiger partial charge >= 0.3 is 0 Å². The topological polar surface area (TPSA) is 34.1 Å². The highest BCUT2D eigenvalue weighted by molar-refractivity contribution is 9.10. The molecule has 0 radical (unpaired) electrons. The van der Waals surface area contributed by atoms with Gasteiger partial charge in [0.1, 0.15) is 0 Å². The van der Waals surface area contributed by atoms with Gasteiger partial charge in [0.15, 0.2) is 0 Å². The van der Waals surface area contributed by atoms with Gasteiger partial charge in [0.2, 0.25) is 9.84 Å². The summed E-state index contributed by atoms with van der Waals surface area (Å²) in [6.07, 6.45) is 0.570. The highest BCUT2D eigenvalue weighted by Gasteiger charge is 2.30. The number of hydrogen-bond donors (Lipinski definition) is 0. The fraction of sp³-hybridized carbons (Fsp3) is 0.0667. The smallest absolute Gasteiger partial charge is 0.206 e. The van der Waals surface area contributed by atoms with E-state index in [1.54, 1.807) is 36.4 Å². The molecule has 2 aromatic carbocycles. The molecule has 0 bridgehead atoms. The molecule has 5 heteroatoms. The van der Waals surface area contributed by atoms with Crippen molar-refractivity contribution in [2.45, 2.75) is 16.2 Å². The van der Waals surface area contributed by atoms with E-state index < -0.39 is 9.84 Å². The Balaban J connectivity index is 2.19. The molecule has 0 saturated carbocycles. The lowest BCUT2D eigenvalue weighted by Crippen LogP contribution is -2.15. The summed E-state index contributed by atoms with van der Waals surface area (Å²) in [7, 11) is -3.52. The van der Waals surface area contributed by atoms with Gasteiger partial charge in [-0.1, -0.05) is 34.1 Å². The second-order valence-electron chi connectivity index (χ2n) is 4.64. The molecule has 0 aliphatic heterocycles. The van der Waals surface area contributed by atoms with Gasteiger partial charge in [0.05, 0.1) is 9.79 Å². The number of benzene rings is 2. The quantitative estimate of drug-likeness (QED) is 0.781. The second kappa shape index (κ2) is 4.72. The van der Waals surface area contributed by atoms with Gasteiger partial charge in [0, 0.05) is 15.1 Å². The van der Waals surface area contributed by atoms with Crippen LogP contribution in [0.4, 0.5) is 0 Å². The molecule has 0 atom stereocenters. The zero-order valence-electron chi connectivity index (χ0n) is 10.4. The van der Waals surface area contributed by atoms with Crippen LogP contribution in [0.1, 0.15) is 11.1 Å². The fourth-order valence-corrected chi connectivity index (χ4v) is 4.41. The first-order chi connectivity index (χ1) is 9.41. The summed E-state index contributed by atoms with van der Waals surface area (Å²) in [4.78, 5) is 0.606. The molecule has 0 amide bonds.